The summed E-state index contributed by atoms with van der Waals surface area (Å²) in [5, 5.41) is 3.43. The van der Waals surface area contributed by atoms with Gasteiger partial charge >= 0.3 is 0 Å². The highest BCUT2D eigenvalue weighted by atomic mass is 15.2. The lowest BCUT2D eigenvalue weighted by atomic mass is 9.33. The average Bonchev–Trinajstić information content (AvgIpc) is 1.62. The van der Waals surface area contributed by atoms with Crippen LogP contribution in [-0.2, 0) is 16.2 Å². The maximum Gasteiger partial charge on any atom is 0.252 e. The van der Waals surface area contributed by atoms with Crippen LogP contribution in [0.15, 0.2) is 351 Å². The summed E-state index contributed by atoms with van der Waals surface area (Å²) in [4.78, 5) is 4.57. The predicted molar refractivity (Wildman–Crippen MR) is 490 cm³/mol. The molecule has 0 saturated carbocycles. The Balaban J connectivity index is 0.996. The van der Waals surface area contributed by atoms with Crippen LogP contribution in [0.3, 0.4) is 0 Å². The second kappa shape index (κ2) is 25.4. The van der Waals surface area contributed by atoms with Crippen molar-refractivity contribution in [1.82, 2.24) is 18.3 Å². The Morgan fingerprint density at radius 1 is 0.252 bits per heavy atom. The lowest BCUT2D eigenvalue weighted by Crippen LogP contribution is -2.61. The number of hydrogen-bond acceptors (Lipinski definition) is 2. The summed E-state index contributed by atoms with van der Waals surface area (Å²) in [7, 11) is 0. The number of para-hydroxylation sites is 6. The van der Waals surface area contributed by atoms with E-state index in [0.29, 0.717) is 28.4 Å². The third-order valence-electron chi connectivity index (χ3n) is 23.8. The lowest BCUT2D eigenvalue weighted by Gasteiger charge is -2.45. The Kier molecular flexibility index (Phi) is 11.8. The quantitative estimate of drug-likeness (QED) is 0.135. The number of hydrogen-bond donors (Lipinski definition) is 0. The number of aromatic nitrogens is 4. The summed E-state index contributed by atoms with van der Waals surface area (Å²) in [6.45, 7) is 19.1. The monoisotopic (exact) mass is 1490 g/mol. The van der Waals surface area contributed by atoms with Crippen LogP contribution in [-0.4, -0.2) is 25.0 Å². The molecule has 4 aromatic heterocycles. The fourth-order valence-corrected chi connectivity index (χ4v) is 18.3. The van der Waals surface area contributed by atoms with Gasteiger partial charge in [0, 0.05) is 94.0 Å². The molecule has 6 nitrogen and oxygen atoms in total. The predicted octanol–water partition coefficient (Wildman–Crippen LogP) is 27.1. The van der Waals surface area contributed by atoms with E-state index < -0.39 is 109 Å². The zero-order valence-corrected chi connectivity index (χ0v) is 65.0. The molecule has 0 unspecified atom stereocenters. The van der Waals surface area contributed by atoms with Gasteiger partial charge < -0.3 is 28.1 Å². The fourth-order valence-electron chi connectivity index (χ4n) is 18.3. The summed E-state index contributed by atoms with van der Waals surface area (Å²) >= 11 is 0. The van der Waals surface area contributed by atoms with Gasteiger partial charge in [0.05, 0.1) is 83.1 Å². The third kappa shape index (κ3) is 10.6. The van der Waals surface area contributed by atoms with E-state index in [0.717, 1.165) is 127 Å². The van der Waals surface area contributed by atoms with Crippen molar-refractivity contribution in [2.45, 2.75) is 78.6 Å². The Morgan fingerprint density at radius 2 is 0.643 bits per heavy atom. The van der Waals surface area contributed by atoms with Crippen LogP contribution in [0.1, 0.15) is 101 Å². The van der Waals surface area contributed by atoms with Crippen molar-refractivity contribution < 1.29 is 21.9 Å². The largest absolute Gasteiger partial charge is 0.311 e. The minimum absolute atomic E-state index is 0.0894. The molecule has 0 N–H and O–H groups in total. The molecular formula is C108H85BN6. The van der Waals surface area contributed by atoms with Crippen LogP contribution in [0.4, 0.5) is 34.1 Å². The van der Waals surface area contributed by atoms with Crippen molar-refractivity contribution in [3.63, 3.8) is 0 Å². The van der Waals surface area contributed by atoms with Crippen molar-refractivity contribution in [2.75, 3.05) is 9.80 Å². The van der Waals surface area contributed by atoms with E-state index in [4.69, 9.17) is 0 Å². The van der Waals surface area contributed by atoms with Gasteiger partial charge in [-0.25, -0.2) is 0 Å². The van der Waals surface area contributed by atoms with Crippen molar-refractivity contribution in [2.24, 2.45) is 0 Å². The van der Waals surface area contributed by atoms with Gasteiger partial charge in [-0.3, -0.25) is 0 Å². The van der Waals surface area contributed by atoms with Crippen molar-refractivity contribution in [3.8, 4) is 56.1 Å². The van der Waals surface area contributed by atoms with E-state index in [1.54, 1.807) is 9.13 Å². The van der Waals surface area contributed by atoms with Gasteiger partial charge in [-0.05, 0) is 199 Å². The number of rotatable bonds is 9. The normalized spacial score (nSPS) is 15.0. The SMILES string of the molecule is [2H]c1c([2H])c([2H])c2c(c1[2H])c1c([2H])c([2H])c([2H])c([2H])c1n2-c1ccc2c(c1)N(c1c(-c3ccccc3)cc(C(C)(C)C)cc1-c1ccccc1)c1cc(-n3c4c([2H])c([2H])c([2H])c([2H])c4c4c([2H])c([2H])c([2H])c([2H])c43)cc3c1B2c1ccc(-n2c4ccc(C(C)(C)C)cc4c4cc(C(C)(C)C)ccc42)cc1N3c1cc(-c2ccccc2)cc2c1c1ccccc1n2-c1ccccc1. The summed E-state index contributed by atoms with van der Waals surface area (Å²) in [5.74, 6) is 0. The molecule has 0 spiro atoms. The fraction of sp³-hybridized carbons (Fsp3) is 0.111. The van der Waals surface area contributed by atoms with Crippen LogP contribution in [0, 0.1) is 0 Å². The molecule has 16 aromatic carbocycles. The van der Waals surface area contributed by atoms with Gasteiger partial charge in [-0.1, -0.05) is 286 Å². The first-order chi connectivity index (χ1) is 62.6. The van der Waals surface area contributed by atoms with Gasteiger partial charge in [0.2, 0.25) is 0 Å². The van der Waals surface area contributed by atoms with Crippen LogP contribution in [0.5, 0.6) is 0 Å². The second-order valence-corrected chi connectivity index (χ2v) is 33.7. The first-order valence-corrected chi connectivity index (χ1v) is 39.3. The Labute approximate surface area is 693 Å². The molecule has 2 aliphatic heterocycles. The topological polar surface area (TPSA) is 26.2 Å². The first kappa shape index (κ1) is 53.3. The molecule has 0 fully saturated rings. The van der Waals surface area contributed by atoms with E-state index in [-0.39, 0.29) is 65.8 Å². The van der Waals surface area contributed by atoms with E-state index in [2.05, 4.69) is 233 Å². The standard InChI is InChI=1S/C108H85BN6/c1-106(2,3)72-50-56-95-86(60-72)87-61-73(107(4,5)6)51-57-96(87)112(95)76-52-54-88-97(64-76)114(100-59-71(68-32-14-10-15-33-68)58-99-103(100)83-44-26-31-49-94(83)110(99)75-38-20-13-21-39-75)101-66-78(113-92-47-29-24-42-81(92)82-43-25-30-48-93(82)113)67-102-104(101)109(88)89-55-53-77(111-90-45-27-22-40-79(90)80-41-23-28-46-91(80)111)65-98(89)115(102)105-84(69-34-16-11-17-35-69)62-74(108(7,8)9)63-85(105)70-36-18-12-19-37-70/h10-67H,1-9H3/i22D,23D,24D,25D,27D,28D,29D,30D,40D,41D,42D,43D,45D,46D,47D,48D. The Morgan fingerprint density at radius 3 is 1.13 bits per heavy atom. The highest BCUT2D eigenvalue weighted by molar-refractivity contribution is 7.00. The van der Waals surface area contributed by atoms with E-state index in [9.17, 15) is 21.9 Å². The smallest absolute Gasteiger partial charge is 0.252 e. The molecule has 0 amide bonds. The summed E-state index contributed by atoms with van der Waals surface area (Å²) in [6.07, 6.45) is 0. The summed E-state index contributed by atoms with van der Waals surface area (Å²) < 4.78 is 164. The molecule has 0 radical (unpaired) electrons. The molecule has 22 rings (SSSR count). The molecule has 7 heteroatoms. The van der Waals surface area contributed by atoms with Crippen LogP contribution in [0.2, 0.25) is 0 Å². The molecule has 0 saturated heterocycles. The number of benzene rings is 16. The number of nitrogens with zero attached hydrogens (tertiary/aromatic N) is 6. The second-order valence-electron chi connectivity index (χ2n) is 33.7. The van der Waals surface area contributed by atoms with Gasteiger partial charge in [0.25, 0.3) is 6.71 Å². The zero-order chi connectivity index (χ0) is 91.4. The van der Waals surface area contributed by atoms with Crippen molar-refractivity contribution >= 4 is 144 Å². The van der Waals surface area contributed by atoms with E-state index >= 15 is 0 Å². The minimum Gasteiger partial charge on any atom is -0.311 e. The molecule has 20 aromatic rings. The van der Waals surface area contributed by atoms with Crippen LogP contribution >= 0.6 is 0 Å². The first-order valence-electron chi connectivity index (χ1n) is 47.3. The van der Waals surface area contributed by atoms with E-state index in [1.165, 1.54) is 0 Å². The number of fused-ring (bicyclic) bond motifs is 16. The van der Waals surface area contributed by atoms with Gasteiger partial charge in [-0.2, -0.15) is 0 Å². The molecule has 0 atom stereocenters. The molecule has 6 heterocycles. The van der Waals surface area contributed by atoms with E-state index in [1.807, 2.05) is 103 Å². The maximum absolute atomic E-state index is 10.4. The van der Waals surface area contributed by atoms with Gasteiger partial charge in [0.1, 0.15) is 0 Å². The molecule has 550 valence electrons. The van der Waals surface area contributed by atoms with Gasteiger partial charge in [0.15, 0.2) is 0 Å². The highest BCUT2D eigenvalue weighted by Gasteiger charge is 2.46. The maximum atomic E-state index is 10.4. The van der Waals surface area contributed by atoms with Crippen molar-refractivity contribution in [3.05, 3.63) is 368 Å². The van der Waals surface area contributed by atoms with Crippen LogP contribution in [0.25, 0.3) is 143 Å². The van der Waals surface area contributed by atoms with Gasteiger partial charge in [-0.15, -0.1) is 0 Å². The summed E-state index contributed by atoms with van der Waals surface area (Å²) in [5.41, 5.74) is 18.5. The number of anilines is 6. The molecule has 2 aliphatic rings. The van der Waals surface area contributed by atoms with Crippen molar-refractivity contribution in [1.29, 1.82) is 0 Å². The Hall–Kier alpha value is -13.6. The van der Waals surface area contributed by atoms with Crippen LogP contribution < -0.4 is 26.2 Å². The zero-order valence-electron chi connectivity index (χ0n) is 81.0. The lowest BCUT2D eigenvalue weighted by molar-refractivity contribution is 0.590. The molecule has 0 bridgehead atoms. The average molecular weight is 1490 g/mol. The Bertz CT molecular complexity index is 8140. The molecule has 115 heavy (non-hydrogen) atoms. The molecular weight excluding hydrogens is 1390 g/mol. The third-order valence-corrected chi connectivity index (χ3v) is 23.8. The molecule has 0 aliphatic carbocycles. The highest BCUT2D eigenvalue weighted by Crippen LogP contribution is 2.55. The summed E-state index contributed by atoms with van der Waals surface area (Å²) in [6, 6.07) is 79.6. The minimum atomic E-state index is -0.843.